The summed E-state index contributed by atoms with van der Waals surface area (Å²) in [5.74, 6) is 4.91. The zero-order valence-electron chi connectivity index (χ0n) is 9.19. The molecule has 1 aromatic rings. The number of terminal acetylenes is 1. The standard InChI is InChI=1S/C13H15ClN2/c1-2-8-16(10-11-5-6-11)13-12(9-14)4-3-7-15-13/h1,3-4,7,11H,5-6,8-10H2. The Kier molecular flexibility index (Phi) is 3.69. The van der Waals surface area contributed by atoms with Gasteiger partial charge in [-0.25, -0.2) is 4.98 Å². The summed E-state index contributed by atoms with van der Waals surface area (Å²) in [6, 6.07) is 3.91. The molecule has 0 unspecified atom stereocenters. The van der Waals surface area contributed by atoms with Crippen LogP contribution in [-0.4, -0.2) is 18.1 Å². The molecule has 1 heterocycles. The van der Waals surface area contributed by atoms with Crippen LogP contribution in [0.3, 0.4) is 0 Å². The van der Waals surface area contributed by atoms with Gasteiger partial charge in [-0.1, -0.05) is 12.0 Å². The van der Waals surface area contributed by atoms with E-state index in [1.165, 1.54) is 12.8 Å². The highest BCUT2D eigenvalue weighted by atomic mass is 35.5. The molecular formula is C13H15ClN2. The lowest BCUT2D eigenvalue weighted by Crippen LogP contribution is -2.27. The van der Waals surface area contributed by atoms with E-state index < -0.39 is 0 Å². The molecule has 84 valence electrons. The zero-order valence-corrected chi connectivity index (χ0v) is 9.95. The number of rotatable bonds is 5. The normalized spacial score (nSPS) is 14.5. The largest absolute Gasteiger partial charge is 0.345 e. The molecule has 0 saturated heterocycles. The van der Waals surface area contributed by atoms with Crippen LogP contribution in [0.25, 0.3) is 0 Å². The molecule has 1 aliphatic rings. The third-order valence-corrected chi connectivity index (χ3v) is 3.06. The van der Waals surface area contributed by atoms with Crippen molar-refractivity contribution in [1.82, 2.24) is 4.98 Å². The van der Waals surface area contributed by atoms with Crippen LogP contribution in [0.5, 0.6) is 0 Å². The van der Waals surface area contributed by atoms with Crippen molar-refractivity contribution >= 4 is 17.4 Å². The Morgan fingerprint density at radius 2 is 2.38 bits per heavy atom. The van der Waals surface area contributed by atoms with Gasteiger partial charge in [0.25, 0.3) is 0 Å². The molecule has 2 rings (SSSR count). The molecule has 0 aromatic carbocycles. The first-order chi connectivity index (χ1) is 7.85. The summed E-state index contributed by atoms with van der Waals surface area (Å²) in [7, 11) is 0. The fourth-order valence-corrected chi connectivity index (χ4v) is 1.98. The van der Waals surface area contributed by atoms with Crippen molar-refractivity contribution in [3.63, 3.8) is 0 Å². The van der Waals surface area contributed by atoms with Crippen molar-refractivity contribution in [3.8, 4) is 12.3 Å². The average molecular weight is 235 g/mol. The van der Waals surface area contributed by atoms with E-state index in [9.17, 15) is 0 Å². The molecule has 16 heavy (non-hydrogen) atoms. The minimum Gasteiger partial charge on any atom is -0.345 e. The van der Waals surface area contributed by atoms with E-state index in [1.54, 1.807) is 6.20 Å². The molecule has 0 atom stereocenters. The van der Waals surface area contributed by atoms with Gasteiger partial charge in [-0.3, -0.25) is 0 Å². The third kappa shape index (κ3) is 2.68. The van der Waals surface area contributed by atoms with Crippen molar-refractivity contribution in [2.24, 2.45) is 5.92 Å². The Bertz CT molecular complexity index is 393. The molecule has 2 nitrogen and oxygen atoms in total. The van der Waals surface area contributed by atoms with Gasteiger partial charge in [0.2, 0.25) is 0 Å². The molecule has 1 saturated carbocycles. The molecule has 0 bridgehead atoms. The predicted molar refractivity (Wildman–Crippen MR) is 67.6 cm³/mol. The molecule has 0 aliphatic heterocycles. The Balaban J connectivity index is 2.18. The van der Waals surface area contributed by atoms with E-state index in [1.807, 2.05) is 12.1 Å². The maximum Gasteiger partial charge on any atom is 0.133 e. The van der Waals surface area contributed by atoms with Crippen LogP contribution in [0.4, 0.5) is 5.82 Å². The van der Waals surface area contributed by atoms with E-state index in [2.05, 4.69) is 15.8 Å². The van der Waals surface area contributed by atoms with Gasteiger partial charge in [-0.15, -0.1) is 18.0 Å². The molecule has 0 spiro atoms. The average Bonchev–Trinajstić information content (AvgIpc) is 3.12. The van der Waals surface area contributed by atoms with E-state index in [4.69, 9.17) is 18.0 Å². The lowest BCUT2D eigenvalue weighted by molar-refractivity contribution is 0.752. The number of aromatic nitrogens is 1. The maximum absolute atomic E-state index is 5.91. The van der Waals surface area contributed by atoms with Crippen LogP contribution in [0.2, 0.25) is 0 Å². The van der Waals surface area contributed by atoms with Crippen molar-refractivity contribution in [3.05, 3.63) is 23.9 Å². The first-order valence-electron chi connectivity index (χ1n) is 5.53. The fraction of sp³-hybridized carbons (Fsp3) is 0.462. The molecule has 1 fully saturated rings. The Morgan fingerprint density at radius 3 is 3.00 bits per heavy atom. The lowest BCUT2D eigenvalue weighted by Gasteiger charge is -2.23. The van der Waals surface area contributed by atoms with Gasteiger partial charge < -0.3 is 4.90 Å². The van der Waals surface area contributed by atoms with Gasteiger partial charge in [-0.05, 0) is 24.8 Å². The summed E-state index contributed by atoms with van der Waals surface area (Å²) < 4.78 is 0. The summed E-state index contributed by atoms with van der Waals surface area (Å²) >= 11 is 5.91. The summed E-state index contributed by atoms with van der Waals surface area (Å²) in [5, 5.41) is 0. The highest BCUT2D eigenvalue weighted by molar-refractivity contribution is 6.17. The highest BCUT2D eigenvalue weighted by Crippen LogP contribution is 2.31. The lowest BCUT2D eigenvalue weighted by atomic mass is 10.2. The summed E-state index contributed by atoms with van der Waals surface area (Å²) in [6.45, 7) is 1.61. The minimum absolute atomic E-state index is 0.481. The van der Waals surface area contributed by atoms with Gasteiger partial charge >= 0.3 is 0 Å². The number of hydrogen-bond donors (Lipinski definition) is 0. The molecule has 0 N–H and O–H groups in total. The van der Waals surface area contributed by atoms with E-state index in [0.29, 0.717) is 12.4 Å². The topological polar surface area (TPSA) is 16.1 Å². The highest BCUT2D eigenvalue weighted by Gasteiger charge is 2.25. The summed E-state index contributed by atoms with van der Waals surface area (Å²) in [6.07, 6.45) is 9.81. The molecule has 0 amide bonds. The van der Waals surface area contributed by atoms with Crippen molar-refractivity contribution in [2.75, 3.05) is 18.0 Å². The Labute approximate surface area is 102 Å². The molecule has 1 aliphatic carbocycles. The first-order valence-corrected chi connectivity index (χ1v) is 6.07. The molecular weight excluding hydrogens is 220 g/mol. The number of nitrogens with zero attached hydrogens (tertiary/aromatic N) is 2. The van der Waals surface area contributed by atoms with E-state index in [-0.39, 0.29) is 0 Å². The Morgan fingerprint density at radius 1 is 1.56 bits per heavy atom. The number of alkyl halides is 1. The second-order valence-corrected chi connectivity index (χ2v) is 4.42. The molecule has 3 heteroatoms. The second-order valence-electron chi connectivity index (χ2n) is 4.15. The van der Waals surface area contributed by atoms with Crippen molar-refractivity contribution in [2.45, 2.75) is 18.7 Å². The second kappa shape index (κ2) is 5.23. The van der Waals surface area contributed by atoms with E-state index >= 15 is 0 Å². The Hall–Kier alpha value is -1.20. The first kappa shape index (κ1) is 11.3. The third-order valence-electron chi connectivity index (χ3n) is 2.77. The van der Waals surface area contributed by atoms with Gasteiger partial charge in [0.15, 0.2) is 0 Å². The minimum atomic E-state index is 0.481. The van der Waals surface area contributed by atoms with Gasteiger partial charge in [0.05, 0.1) is 12.4 Å². The van der Waals surface area contributed by atoms with Gasteiger partial charge in [0, 0.05) is 18.3 Å². The number of anilines is 1. The SMILES string of the molecule is C#CCN(CC1CC1)c1ncccc1CCl. The van der Waals surface area contributed by atoms with E-state index in [0.717, 1.165) is 23.8 Å². The quantitative estimate of drug-likeness (QED) is 0.575. The number of pyridine rings is 1. The summed E-state index contributed by atoms with van der Waals surface area (Å²) in [4.78, 5) is 6.56. The van der Waals surface area contributed by atoms with Crippen LogP contribution in [-0.2, 0) is 5.88 Å². The maximum atomic E-state index is 5.91. The van der Waals surface area contributed by atoms with Gasteiger partial charge in [-0.2, -0.15) is 0 Å². The number of halogens is 1. The fourth-order valence-electron chi connectivity index (χ4n) is 1.77. The smallest absolute Gasteiger partial charge is 0.133 e. The number of hydrogen-bond acceptors (Lipinski definition) is 2. The zero-order chi connectivity index (χ0) is 11.4. The predicted octanol–water partition coefficient (Wildman–Crippen LogP) is 2.67. The van der Waals surface area contributed by atoms with Gasteiger partial charge in [0.1, 0.15) is 5.82 Å². The summed E-state index contributed by atoms with van der Waals surface area (Å²) in [5.41, 5.74) is 1.06. The van der Waals surface area contributed by atoms with Crippen LogP contribution in [0.1, 0.15) is 18.4 Å². The van der Waals surface area contributed by atoms with Crippen LogP contribution in [0, 0.1) is 18.3 Å². The van der Waals surface area contributed by atoms with Crippen molar-refractivity contribution < 1.29 is 0 Å². The van der Waals surface area contributed by atoms with Crippen LogP contribution in [0.15, 0.2) is 18.3 Å². The van der Waals surface area contributed by atoms with Crippen LogP contribution < -0.4 is 4.90 Å². The van der Waals surface area contributed by atoms with Crippen molar-refractivity contribution in [1.29, 1.82) is 0 Å². The molecule has 0 radical (unpaired) electrons. The van der Waals surface area contributed by atoms with Crippen LogP contribution >= 0.6 is 11.6 Å². The monoisotopic (exact) mass is 234 g/mol. The molecule has 1 aromatic heterocycles.